The summed E-state index contributed by atoms with van der Waals surface area (Å²) in [6.45, 7) is 3.05. The van der Waals surface area contributed by atoms with E-state index < -0.39 is 5.82 Å². The van der Waals surface area contributed by atoms with Crippen LogP contribution in [0, 0.1) is 5.82 Å². The van der Waals surface area contributed by atoms with Gasteiger partial charge < -0.3 is 9.88 Å². The zero-order valence-electron chi connectivity index (χ0n) is 14.9. The first-order chi connectivity index (χ1) is 13.6. The molecule has 3 aromatic heterocycles. The quantitative estimate of drug-likeness (QED) is 0.505. The van der Waals surface area contributed by atoms with Crippen LogP contribution in [0.3, 0.4) is 0 Å². The van der Waals surface area contributed by atoms with Gasteiger partial charge in [0.2, 0.25) is 0 Å². The number of nitrogens with zero attached hydrogens (tertiary/aromatic N) is 3. The number of aromatic nitrogens is 3. The van der Waals surface area contributed by atoms with E-state index in [0.717, 1.165) is 28.1 Å². The third kappa shape index (κ3) is 3.50. The molecule has 1 N–H and O–H groups in total. The Kier molecular flexibility index (Phi) is 5.11. The van der Waals surface area contributed by atoms with Crippen molar-refractivity contribution in [2.75, 3.05) is 0 Å². The molecule has 8 heteroatoms. The van der Waals surface area contributed by atoms with Crippen molar-refractivity contribution in [1.82, 2.24) is 19.9 Å². The van der Waals surface area contributed by atoms with Gasteiger partial charge in [-0.1, -0.05) is 17.7 Å². The van der Waals surface area contributed by atoms with Crippen LogP contribution in [0.25, 0.3) is 21.6 Å². The molecule has 0 atom stereocenters. The fraction of sp³-hybridized carbons (Fsp3) is 0.150. The van der Waals surface area contributed by atoms with Gasteiger partial charge in [-0.05, 0) is 36.8 Å². The zero-order valence-corrected chi connectivity index (χ0v) is 16.5. The van der Waals surface area contributed by atoms with Crippen molar-refractivity contribution in [2.24, 2.45) is 0 Å². The van der Waals surface area contributed by atoms with E-state index in [1.165, 1.54) is 23.5 Å². The summed E-state index contributed by atoms with van der Waals surface area (Å²) in [6, 6.07) is 7.98. The third-order valence-corrected chi connectivity index (χ3v) is 5.62. The van der Waals surface area contributed by atoms with E-state index in [2.05, 4.69) is 26.8 Å². The number of carbonyl (C=O) groups excluding carboxylic acids is 1. The SMILES string of the molecule is CCn1cc(-c2nc(C(=O)NCc3ccc(F)cc3Cl)cs2)c2cccnc21. The van der Waals surface area contributed by atoms with Crippen LogP contribution in [0.2, 0.25) is 5.02 Å². The molecule has 0 aliphatic heterocycles. The van der Waals surface area contributed by atoms with Crippen molar-refractivity contribution in [1.29, 1.82) is 0 Å². The highest BCUT2D eigenvalue weighted by Crippen LogP contribution is 2.31. The number of benzene rings is 1. The molecule has 0 spiro atoms. The zero-order chi connectivity index (χ0) is 19.7. The minimum absolute atomic E-state index is 0.198. The lowest BCUT2D eigenvalue weighted by Gasteiger charge is -2.05. The van der Waals surface area contributed by atoms with Gasteiger partial charge >= 0.3 is 0 Å². The summed E-state index contributed by atoms with van der Waals surface area (Å²) in [4.78, 5) is 21.4. The van der Waals surface area contributed by atoms with E-state index in [4.69, 9.17) is 11.6 Å². The van der Waals surface area contributed by atoms with E-state index in [1.54, 1.807) is 17.6 Å². The number of hydrogen-bond donors (Lipinski definition) is 1. The summed E-state index contributed by atoms with van der Waals surface area (Å²) in [5, 5.41) is 6.54. The van der Waals surface area contributed by atoms with E-state index in [1.807, 2.05) is 18.3 Å². The lowest BCUT2D eigenvalue weighted by Crippen LogP contribution is -2.23. The lowest BCUT2D eigenvalue weighted by molar-refractivity contribution is 0.0946. The number of thiazole rings is 1. The number of rotatable bonds is 5. The highest BCUT2D eigenvalue weighted by Gasteiger charge is 2.16. The Labute approximate surface area is 169 Å². The van der Waals surface area contributed by atoms with E-state index >= 15 is 0 Å². The Balaban J connectivity index is 1.55. The number of aryl methyl sites for hydroxylation is 1. The molecule has 0 aliphatic rings. The van der Waals surface area contributed by atoms with Crippen LogP contribution in [-0.2, 0) is 13.1 Å². The number of halogens is 2. The maximum absolute atomic E-state index is 13.1. The second-order valence-corrected chi connectivity index (χ2v) is 7.42. The highest BCUT2D eigenvalue weighted by molar-refractivity contribution is 7.13. The third-order valence-electron chi connectivity index (χ3n) is 4.40. The summed E-state index contributed by atoms with van der Waals surface area (Å²) in [5.74, 6) is -0.717. The summed E-state index contributed by atoms with van der Waals surface area (Å²) in [5.41, 5.74) is 2.83. The van der Waals surface area contributed by atoms with Gasteiger partial charge in [0.15, 0.2) is 0 Å². The number of fused-ring (bicyclic) bond motifs is 1. The Morgan fingerprint density at radius 2 is 2.21 bits per heavy atom. The minimum atomic E-state index is -0.412. The van der Waals surface area contributed by atoms with E-state index in [9.17, 15) is 9.18 Å². The Bertz CT molecular complexity index is 1170. The molecule has 1 aromatic carbocycles. The van der Waals surface area contributed by atoms with Gasteiger partial charge in [0.05, 0.1) is 0 Å². The van der Waals surface area contributed by atoms with Crippen LogP contribution in [0.15, 0.2) is 48.1 Å². The van der Waals surface area contributed by atoms with Crippen LogP contribution in [0.1, 0.15) is 23.0 Å². The van der Waals surface area contributed by atoms with Crippen LogP contribution in [-0.4, -0.2) is 20.4 Å². The molecule has 5 nitrogen and oxygen atoms in total. The first kappa shape index (κ1) is 18.6. The molecule has 1 amide bonds. The molecule has 0 aliphatic carbocycles. The van der Waals surface area contributed by atoms with Crippen molar-refractivity contribution in [3.8, 4) is 10.6 Å². The maximum Gasteiger partial charge on any atom is 0.271 e. The number of nitrogens with one attached hydrogen (secondary N) is 1. The molecule has 28 heavy (non-hydrogen) atoms. The topological polar surface area (TPSA) is 59.8 Å². The first-order valence-electron chi connectivity index (χ1n) is 8.68. The molecule has 0 saturated carbocycles. The molecule has 4 aromatic rings. The van der Waals surface area contributed by atoms with Crippen LogP contribution in [0.5, 0.6) is 0 Å². The number of pyridine rings is 1. The normalized spacial score (nSPS) is 11.1. The maximum atomic E-state index is 13.1. The molecular formula is C20H16ClFN4OS. The van der Waals surface area contributed by atoms with Crippen LogP contribution >= 0.6 is 22.9 Å². The molecular weight excluding hydrogens is 399 g/mol. The second kappa shape index (κ2) is 7.69. The van der Waals surface area contributed by atoms with Gasteiger partial charge in [-0.2, -0.15) is 0 Å². The number of carbonyl (C=O) groups is 1. The van der Waals surface area contributed by atoms with E-state index in [-0.39, 0.29) is 17.5 Å². The molecule has 0 bridgehead atoms. The summed E-state index contributed by atoms with van der Waals surface area (Å²) in [7, 11) is 0. The van der Waals surface area contributed by atoms with Gasteiger partial charge in [0.25, 0.3) is 5.91 Å². The van der Waals surface area contributed by atoms with Gasteiger partial charge in [-0.3, -0.25) is 4.79 Å². The highest BCUT2D eigenvalue weighted by atomic mass is 35.5. The van der Waals surface area contributed by atoms with Crippen LogP contribution < -0.4 is 5.32 Å². The van der Waals surface area contributed by atoms with Crippen molar-refractivity contribution in [3.05, 3.63) is 70.2 Å². The molecule has 0 fully saturated rings. The predicted molar refractivity (Wildman–Crippen MR) is 109 cm³/mol. The summed E-state index contributed by atoms with van der Waals surface area (Å²) in [6.07, 6.45) is 3.77. The Morgan fingerprint density at radius 3 is 3.00 bits per heavy atom. The average molecular weight is 415 g/mol. The molecule has 4 rings (SSSR count). The second-order valence-electron chi connectivity index (χ2n) is 6.16. The monoisotopic (exact) mass is 414 g/mol. The minimum Gasteiger partial charge on any atom is -0.347 e. The Morgan fingerprint density at radius 1 is 1.36 bits per heavy atom. The van der Waals surface area contributed by atoms with Crippen molar-refractivity contribution < 1.29 is 9.18 Å². The molecule has 0 saturated heterocycles. The largest absolute Gasteiger partial charge is 0.347 e. The van der Waals surface area contributed by atoms with Gasteiger partial charge in [-0.15, -0.1) is 11.3 Å². The molecule has 142 valence electrons. The van der Waals surface area contributed by atoms with Gasteiger partial charge in [0.1, 0.15) is 22.2 Å². The fourth-order valence-corrected chi connectivity index (χ4v) is 4.02. The summed E-state index contributed by atoms with van der Waals surface area (Å²) < 4.78 is 15.2. The number of hydrogen-bond acceptors (Lipinski definition) is 4. The first-order valence-corrected chi connectivity index (χ1v) is 9.94. The average Bonchev–Trinajstić information content (AvgIpc) is 3.32. The van der Waals surface area contributed by atoms with Crippen LogP contribution in [0.4, 0.5) is 4.39 Å². The van der Waals surface area contributed by atoms with Crippen molar-refractivity contribution >= 4 is 39.9 Å². The summed E-state index contributed by atoms with van der Waals surface area (Å²) >= 11 is 7.41. The molecule has 0 unspecified atom stereocenters. The van der Waals surface area contributed by atoms with Gasteiger partial charge in [0, 0.05) is 46.8 Å². The molecule has 0 radical (unpaired) electrons. The number of amides is 1. The van der Waals surface area contributed by atoms with Gasteiger partial charge in [-0.25, -0.2) is 14.4 Å². The fourth-order valence-electron chi connectivity index (χ4n) is 2.97. The molecule has 3 heterocycles. The lowest BCUT2D eigenvalue weighted by atomic mass is 10.2. The predicted octanol–water partition coefficient (Wildman–Crippen LogP) is 4.90. The standard InChI is InChI=1S/C20H16ClFN4OS/c1-2-26-10-15(14-4-3-7-23-18(14)26)20-25-17(11-28-20)19(27)24-9-12-5-6-13(22)8-16(12)21/h3-8,10-11H,2,9H2,1H3,(H,24,27). The van der Waals surface area contributed by atoms with Crippen molar-refractivity contribution in [2.45, 2.75) is 20.0 Å². The Hall–Kier alpha value is -2.77. The van der Waals surface area contributed by atoms with E-state index in [0.29, 0.717) is 11.3 Å². The smallest absolute Gasteiger partial charge is 0.271 e. The van der Waals surface area contributed by atoms with Crippen molar-refractivity contribution in [3.63, 3.8) is 0 Å².